The van der Waals surface area contributed by atoms with Gasteiger partial charge in [-0.3, -0.25) is 9.69 Å². The summed E-state index contributed by atoms with van der Waals surface area (Å²) in [6.45, 7) is 6.90. The number of nitrogens with zero attached hydrogens (tertiary/aromatic N) is 1. The van der Waals surface area contributed by atoms with E-state index in [0.717, 1.165) is 26.1 Å². The molecule has 22 heavy (non-hydrogen) atoms. The topological polar surface area (TPSA) is 64.6 Å². The Kier molecular flexibility index (Phi) is 6.36. The number of carbonyl (C=O) groups excluding carboxylic acids is 1. The molecule has 5 nitrogen and oxygen atoms in total. The third kappa shape index (κ3) is 5.09. The van der Waals surface area contributed by atoms with Crippen molar-refractivity contribution in [2.45, 2.75) is 45.7 Å². The third-order valence-corrected chi connectivity index (χ3v) is 4.11. The Morgan fingerprint density at radius 1 is 1.36 bits per heavy atom. The first-order valence-corrected chi connectivity index (χ1v) is 8.05. The highest BCUT2D eigenvalue weighted by molar-refractivity contribution is 5.78. The molecular formula is C17H27N3O2. The van der Waals surface area contributed by atoms with Crippen molar-refractivity contribution in [3.8, 4) is 0 Å². The van der Waals surface area contributed by atoms with E-state index in [9.17, 15) is 4.79 Å². The largest absolute Gasteiger partial charge is 0.351 e. The van der Waals surface area contributed by atoms with E-state index in [2.05, 4.69) is 35.3 Å². The fraction of sp³-hybridized carbons (Fsp3) is 0.588. The molecule has 0 aromatic heterocycles. The fourth-order valence-electron chi connectivity index (χ4n) is 3.10. The summed E-state index contributed by atoms with van der Waals surface area (Å²) >= 11 is 0. The predicted molar refractivity (Wildman–Crippen MR) is 86.8 cm³/mol. The van der Waals surface area contributed by atoms with Crippen molar-refractivity contribution < 1.29 is 10.0 Å². The number of benzene rings is 1. The van der Waals surface area contributed by atoms with Crippen LogP contribution < -0.4 is 10.8 Å². The highest BCUT2D eigenvalue weighted by Gasteiger charge is 2.16. The van der Waals surface area contributed by atoms with Gasteiger partial charge in [0.15, 0.2) is 0 Å². The molecule has 0 saturated carbocycles. The van der Waals surface area contributed by atoms with Crippen LogP contribution in [0.15, 0.2) is 18.2 Å². The van der Waals surface area contributed by atoms with Gasteiger partial charge in [0.25, 0.3) is 0 Å². The summed E-state index contributed by atoms with van der Waals surface area (Å²) in [5.74, 6) is -0.182. The van der Waals surface area contributed by atoms with Gasteiger partial charge in [0.05, 0.1) is 6.54 Å². The molecule has 1 aliphatic rings. The summed E-state index contributed by atoms with van der Waals surface area (Å²) in [5.41, 5.74) is 6.06. The van der Waals surface area contributed by atoms with Crippen LogP contribution >= 0.6 is 0 Å². The summed E-state index contributed by atoms with van der Waals surface area (Å²) in [7, 11) is 0. The van der Waals surface area contributed by atoms with Gasteiger partial charge in [-0.25, -0.2) is 0 Å². The maximum atomic E-state index is 11.5. The molecule has 0 unspecified atom stereocenters. The molecular weight excluding hydrogens is 278 g/mol. The molecule has 0 fully saturated rings. The van der Waals surface area contributed by atoms with Crippen LogP contribution in [0.5, 0.6) is 0 Å². The van der Waals surface area contributed by atoms with Crippen LogP contribution in [-0.2, 0) is 17.8 Å². The molecule has 1 amide bonds. The minimum absolute atomic E-state index is 0.0631. The number of carbonyl (C=O) groups is 1. The van der Waals surface area contributed by atoms with Crippen LogP contribution in [0.4, 0.5) is 0 Å². The average Bonchev–Trinajstić information content (AvgIpc) is 2.42. The van der Waals surface area contributed by atoms with Crippen LogP contribution in [0.3, 0.4) is 0 Å². The summed E-state index contributed by atoms with van der Waals surface area (Å²) in [6, 6.07) is 6.79. The van der Waals surface area contributed by atoms with Crippen molar-refractivity contribution in [3.05, 3.63) is 34.9 Å². The SMILES string of the molecule is Cc1ccc2c(c1)CN(C[C@H](C)NC(=O)CNO)CCCC2. The van der Waals surface area contributed by atoms with Gasteiger partial charge in [0.1, 0.15) is 0 Å². The Morgan fingerprint density at radius 3 is 2.95 bits per heavy atom. The second kappa shape index (κ2) is 8.27. The molecule has 1 aliphatic heterocycles. The first-order valence-electron chi connectivity index (χ1n) is 8.05. The Balaban J connectivity index is 1.97. The van der Waals surface area contributed by atoms with Gasteiger partial charge in [0.2, 0.25) is 5.91 Å². The predicted octanol–water partition coefficient (Wildman–Crippen LogP) is 1.62. The molecule has 0 aliphatic carbocycles. The Labute approximate surface area is 132 Å². The van der Waals surface area contributed by atoms with Gasteiger partial charge in [-0.1, -0.05) is 23.8 Å². The first-order chi connectivity index (χ1) is 10.6. The standard InChI is InChI=1S/C17H27N3O2/c1-13-6-7-15-5-3-4-8-20(12-16(15)9-13)11-14(2)19-17(21)10-18-22/h6-7,9,14,18,22H,3-5,8,10-12H2,1-2H3,(H,19,21)/t14-/m0/s1. The normalized spacial score (nSPS) is 17.2. The smallest absolute Gasteiger partial charge is 0.236 e. The van der Waals surface area contributed by atoms with E-state index in [1.165, 1.54) is 29.5 Å². The van der Waals surface area contributed by atoms with E-state index in [1.54, 1.807) is 0 Å². The molecule has 2 rings (SSSR count). The molecule has 1 atom stereocenters. The minimum Gasteiger partial charge on any atom is -0.351 e. The molecule has 1 aromatic carbocycles. The van der Waals surface area contributed by atoms with Crippen molar-refractivity contribution in [2.24, 2.45) is 0 Å². The Hall–Kier alpha value is -1.43. The lowest BCUT2D eigenvalue weighted by Gasteiger charge is -2.29. The lowest BCUT2D eigenvalue weighted by Crippen LogP contribution is -2.44. The molecule has 1 aromatic rings. The monoisotopic (exact) mass is 305 g/mol. The molecule has 5 heteroatoms. The minimum atomic E-state index is -0.182. The zero-order chi connectivity index (χ0) is 15.9. The van der Waals surface area contributed by atoms with E-state index >= 15 is 0 Å². The average molecular weight is 305 g/mol. The number of hydrogen-bond donors (Lipinski definition) is 3. The highest BCUT2D eigenvalue weighted by atomic mass is 16.5. The fourth-order valence-corrected chi connectivity index (χ4v) is 3.10. The van der Waals surface area contributed by atoms with Gasteiger partial charge in [-0.2, -0.15) is 5.48 Å². The maximum absolute atomic E-state index is 11.5. The number of hydrogen-bond acceptors (Lipinski definition) is 4. The van der Waals surface area contributed by atoms with Gasteiger partial charge in [-0.05, 0) is 50.8 Å². The molecule has 3 N–H and O–H groups in total. The van der Waals surface area contributed by atoms with Crippen LogP contribution in [-0.4, -0.2) is 41.7 Å². The molecule has 122 valence electrons. The molecule has 1 heterocycles. The second-order valence-corrected chi connectivity index (χ2v) is 6.27. The number of rotatable bonds is 5. The summed E-state index contributed by atoms with van der Waals surface area (Å²) in [6.07, 6.45) is 3.56. The Morgan fingerprint density at radius 2 is 2.18 bits per heavy atom. The summed E-state index contributed by atoms with van der Waals surface area (Å²) in [5, 5.41) is 11.4. The third-order valence-electron chi connectivity index (χ3n) is 4.11. The quantitative estimate of drug-likeness (QED) is 0.723. The summed E-state index contributed by atoms with van der Waals surface area (Å²) < 4.78 is 0. The van der Waals surface area contributed by atoms with Crippen LogP contribution in [0.1, 0.15) is 36.5 Å². The molecule has 0 saturated heterocycles. The van der Waals surface area contributed by atoms with Crippen molar-refractivity contribution >= 4 is 5.91 Å². The lowest BCUT2D eigenvalue weighted by atomic mass is 9.97. The van der Waals surface area contributed by atoms with Crippen molar-refractivity contribution in [1.29, 1.82) is 0 Å². The molecule has 0 bridgehead atoms. The van der Waals surface area contributed by atoms with Crippen molar-refractivity contribution in [1.82, 2.24) is 15.7 Å². The number of fused-ring (bicyclic) bond motifs is 1. The molecule has 0 spiro atoms. The van der Waals surface area contributed by atoms with E-state index < -0.39 is 0 Å². The molecule has 0 radical (unpaired) electrons. The number of hydroxylamine groups is 1. The van der Waals surface area contributed by atoms with E-state index in [4.69, 9.17) is 5.21 Å². The maximum Gasteiger partial charge on any atom is 0.236 e. The van der Waals surface area contributed by atoms with E-state index in [1.807, 2.05) is 12.4 Å². The van der Waals surface area contributed by atoms with E-state index in [0.29, 0.717) is 0 Å². The number of nitrogens with one attached hydrogen (secondary N) is 2. The van der Waals surface area contributed by atoms with Gasteiger partial charge >= 0.3 is 0 Å². The van der Waals surface area contributed by atoms with Gasteiger partial charge < -0.3 is 10.5 Å². The van der Waals surface area contributed by atoms with Crippen LogP contribution in [0, 0.1) is 6.92 Å². The summed E-state index contributed by atoms with van der Waals surface area (Å²) in [4.78, 5) is 13.9. The number of amides is 1. The van der Waals surface area contributed by atoms with Crippen molar-refractivity contribution in [3.63, 3.8) is 0 Å². The van der Waals surface area contributed by atoms with Crippen LogP contribution in [0.25, 0.3) is 0 Å². The first kappa shape index (κ1) is 16.9. The number of aryl methyl sites for hydroxylation is 2. The lowest BCUT2D eigenvalue weighted by molar-refractivity contribution is -0.122. The zero-order valence-electron chi connectivity index (χ0n) is 13.6. The Bertz CT molecular complexity index is 505. The van der Waals surface area contributed by atoms with Crippen LogP contribution in [0.2, 0.25) is 0 Å². The van der Waals surface area contributed by atoms with Gasteiger partial charge in [-0.15, -0.1) is 0 Å². The second-order valence-electron chi connectivity index (χ2n) is 6.27. The van der Waals surface area contributed by atoms with Crippen molar-refractivity contribution in [2.75, 3.05) is 19.6 Å². The zero-order valence-corrected chi connectivity index (χ0v) is 13.6. The van der Waals surface area contributed by atoms with Gasteiger partial charge in [0, 0.05) is 19.1 Å². The van der Waals surface area contributed by atoms with E-state index in [-0.39, 0.29) is 18.5 Å². The highest BCUT2D eigenvalue weighted by Crippen LogP contribution is 2.20.